The van der Waals surface area contributed by atoms with E-state index in [-0.39, 0.29) is 5.82 Å². The molecule has 0 amide bonds. The Kier molecular flexibility index (Phi) is 3.85. The molecule has 2 nitrogen and oxygen atoms in total. The van der Waals surface area contributed by atoms with Gasteiger partial charge in [0, 0.05) is 12.6 Å². The summed E-state index contributed by atoms with van der Waals surface area (Å²) in [6.45, 7) is 3.15. The van der Waals surface area contributed by atoms with Crippen LogP contribution >= 0.6 is 0 Å². The first-order valence-corrected chi connectivity index (χ1v) is 7.50. The van der Waals surface area contributed by atoms with Crippen molar-refractivity contribution in [1.29, 1.82) is 0 Å². The molecule has 0 spiro atoms. The Hall–Kier alpha value is -0.930. The molecule has 1 saturated heterocycles. The molecule has 1 aliphatic carbocycles. The number of benzene rings is 1. The fraction of sp³-hybridized carbons (Fsp3) is 0.625. The van der Waals surface area contributed by atoms with Gasteiger partial charge in [0.25, 0.3) is 0 Å². The molecule has 104 valence electrons. The quantitative estimate of drug-likeness (QED) is 0.907. The van der Waals surface area contributed by atoms with Gasteiger partial charge in [-0.05, 0) is 74.4 Å². The summed E-state index contributed by atoms with van der Waals surface area (Å²) >= 11 is 0. The summed E-state index contributed by atoms with van der Waals surface area (Å²) in [4.78, 5) is 2.60. The molecule has 0 radical (unpaired) electrons. The molecular formula is C16H23FN2. The summed E-state index contributed by atoms with van der Waals surface area (Å²) in [7, 11) is 0. The molecule has 1 heterocycles. The first kappa shape index (κ1) is 13.1. The fourth-order valence-electron chi connectivity index (χ4n) is 3.79. The van der Waals surface area contributed by atoms with Gasteiger partial charge in [0.05, 0.1) is 0 Å². The van der Waals surface area contributed by atoms with Crippen LogP contribution in [0.3, 0.4) is 0 Å². The highest BCUT2D eigenvalue weighted by atomic mass is 19.1. The molecule has 1 fully saturated rings. The van der Waals surface area contributed by atoms with Gasteiger partial charge < -0.3 is 5.73 Å². The van der Waals surface area contributed by atoms with E-state index in [0.29, 0.717) is 6.04 Å². The first-order chi connectivity index (χ1) is 9.28. The summed E-state index contributed by atoms with van der Waals surface area (Å²) < 4.78 is 13.3. The molecule has 2 atom stereocenters. The van der Waals surface area contributed by atoms with Crippen LogP contribution in [0.5, 0.6) is 0 Å². The van der Waals surface area contributed by atoms with E-state index in [1.54, 1.807) is 12.1 Å². The van der Waals surface area contributed by atoms with E-state index in [0.717, 1.165) is 31.7 Å². The molecule has 0 saturated carbocycles. The van der Waals surface area contributed by atoms with Crippen LogP contribution in [0.2, 0.25) is 0 Å². The smallest absolute Gasteiger partial charge is 0.123 e. The standard InChI is InChI=1S/C16H23FN2/c17-14-4-5-15-13(10-14)3-6-16(15)19-9-1-2-12(11-19)7-8-18/h4-5,10,12,16H,1-3,6-9,11,18H2. The summed E-state index contributed by atoms with van der Waals surface area (Å²) in [6, 6.07) is 5.83. The second kappa shape index (κ2) is 5.59. The third kappa shape index (κ3) is 2.67. The molecule has 1 aliphatic heterocycles. The number of piperidine rings is 1. The molecule has 2 N–H and O–H groups in total. The number of nitrogens with zero attached hydrogens (tertiary/aromatic N) is 1. The van der Waals surface area contributed by atoms with Gasteiger partial charge in [-0.25, -0.2) is 4.39 Å². The van der Waals surface area contributed by atoms with Crippen LogP contribution in [-0.2, 0) is 6.42 Å². The molecular weight excluding hydrogens is 239 g/mol. The zero-order valence-electron chi connectivity index (χ0n) is 11.4. The number of halogens is 1. The van der Waals surface area contributed by atoms with Crippen LogP contribution in [-0.4, -0.2) is 24.5 Å². The van der Waals surface area contributed by atoms with Crippen molar-refractivity contribution in [3.63, 3.8) is 0 Å². The van der Waals surface area contributed by atoms with E-state index in [2.05, 4.69) is 4.90 Å². The van der Waals surface area contributed by atoms with Gasteiger partial charge in [0.2, 0.25) is 0 Å². The van der Waals surface area contributed by atoms with Crippen molar-refractivity contribution in [2.45, 2.75) is 38.1 Å². The Morgan fingerprint density at radius 1 is 1.32 bits per heavy atom. The van der Waals surface area contributed by atoms with Gasteiger partial charge in [-0.15, -0.1) is 0 Å². The summed E-state index contributed by atoms with van der Waals surface area (Å²) in [5.74, 6) is 0.655. The Morgan fingerprint density at radius 2 is 2.21 bits per heavy atom. The van der Waals surface area contributed by atoms with Crippen LogP contribution in [0.15, 0.2) is 18.2 Å². The topological polar surface area (TPSA) is 29.3 Å². The van der Waals surface area contributed by atoms with E-state index in [4.69, 9.17) is 5.73 Å². The second-order valence-electron chi connectivity index (χ2n) is 5.98. The molecule has 19 heavy (non-hydrogen) atoms. The van der Waals surface area contributed by atoms with Crippen LogP contribution in [0.4, 0.5) is 4.39 Å². The highest BCUT2D eigenvalue weighted by Crippen LogP contribution is 2.38. The highest BCUT2D eigenvalue weighted by Gasteiger charge is 2.31. The van der Waals surface area contributed by atoms with E-state index in [1.165, 1.54) is 37.1 Å². The van der Waals surface area contributed by atoms with E-state index in [9.17, 15) is 4.39 Å². The molecule has 3 rings (SSSR count). The minimum Gasteiger partial charge on any atom is -0.330 e. The van der Waals surface area contributed by atoms with Crippen LogP contribution in [0.1, 0.15) is 42.9 Å². The lowest BCUT2D eigenvalue weighted by Gasteiger charge is -2.37. The third-order valence-electron chi connectivity index (χ3n) is 4.72. The number of aryl methyl sites for hydroxylation is 1. The zero-order valence-corrected chi connectivity index (χ0v) is 11.4. The molecule has 2 unspecified atom stereocenters. The number of nitrogens with two attached hydrogens (primary N) is 1. The Morgan fingerprint density at radius 3 is 3.05 bits per heavy atom. The first-order valence-electron chi connectivity index (χ1n) is 7.50. The van der Waals surface area contributed by atoms with Gasteiger partial charge in [0.15, 0.2) is 0 Å². The summed E-state index contributed by atoms with van der Waals surface area (Å²) in [6.07, 6.45) is 5.90. The van der Waals surface area contributed by atoms with Crippen molar-refractivity contribution < 1.29 is 4.39 Å². The van der Waals surface area contributed by atoms with Crippen LogP contribution in [0, 0.1) is 11.7 Å². The third-order valence-corrected chi connectivity index (χ3v) is 4.72. The largest absolute Gasteiger partial charge is 0.330 e. The number of hydrogen-bond donors (Lipinski definition) is 1. The zero-order chi connectivity index (χ0) is 13.2. The number of likely N-dealkylation sites (tertiary alicyclic amines) is 1. The van der Waals surface area contributed by atoms with Gasteiger partial charge >= 0.3 is 0 Å². The number of fused-ring (bicyclic) bond motifs is 1. The number of hydrogen-bond acceptors (Lipinski definition) is 2. The van der Waals surface area contributed by atoms with E-state index < -0.39 is 0 Å². The Balaban J connectivity index is 1.74. The molecule has 3 heteroatoms. The van der Waals surface area contributed by atoms with Crippen LogP contribution < -0.4 is 5.73 Å². The van der Waals surface area contributed by atoms with Gasteiger partial charge in [-0.2, -0.15) is 0 Å². The Bertz CT molecular complexity index is 444. The minimum absolute atomic E-state index is 0.0981. The lowest BCUT2D eigenvalue weighted by atomic mass is 9.93. The van der Waals surface area contributed by atoms with Crippen molar-refractivity contribution in [3.8, 4) is 0 Å². The monoisotopic (exact) mass is 262 g/mol. The average Bonchev–Trinajstić information content (AvgIpc) is 2.82. The second-order valence-corrected chi connectivity index (χ2v) is 5.98. The van der Waals surface area contributed by atoms with Crippen LogP contribution in [0.25, 0.3) is 0 Å². The van der Waals surface area contributed by atoms with Crippen molar-refractivity contribution >= 4 is 0 Å². The van der Waals surface area contributed by atoms with Crippen molar-refractivity contribution in [3.05, 3.63) is 35.1 Å². The Labute approximate surface area is 114 Å². The van der Waals surface area contributed by atoms with Crippen molar-refractivity contribution in [2.75, 3.05) is 19.6 Å². The lowest BCUT2D eigenvalue weighted by molar-refractivity contribution is 0.120. The summed E-state index contributed by atoms with van der Waals surface area (Å²) in [5, 5.41) is 0. The van der Waals surface area contributed by atoms with Gasteiger partial charge in [-0.3, -0.25) is 4.90 Å². The molecule has 0 aromatic heterocycles. The molecule has 1 aromatic rings. The molecule has 0 bridgehead atoms. The predicted molar refractivity (Wildman–Crippen MR) is 75.4 cm³/mol. The highest BCUT2D eigenvalue weighted by molar-refractivity contribution is 5.35. The normalized spacial score (nSPS) is 27.5. The lowest BCUT2D eigenvalue weighted by Crippen LogP contribution is -2.38. The summed E-state index contributed by atoms with van der Waals surface area (Å²) in [5.41, 5.74) is 8.26. The molecule has 2 aliphatic rings. The maximum atomic E-state index is 13.3. The average molecular weight is 262 g/mol. The SMILES string of the molecule is NCCC1CCCN(C2CCc3cc(F)ccc32)C1. The van der Waals surface area contributed by atoms with Gasteiger partial charge in [0.1, 0.15) is 5.82 Å². The fourth-order valence-corrected chi connectivity index (χ4v) is 3.79. The maximum absolute atomic E-state index is 13.3. The maximum Gasteiger partial charge on any atom is 0.123 e. The van der Waals surface area contributed by atoms with E-state index >= 15 is 0 Å². The minimum atomic E-state index is -0.0981. The number of rotatable bonds is 3. The molecule has 1 aromatic carbocycles. The van der Waals surface area contributed by atoms with E-state index in [1.807, 2.05) is 6.07 Å². The predicted octanol–water partition coefficient (Wildman–Crippen LogP) is 2.87. The van der Waals surface area contributed by atoms with Crippen molar-refractivity contribution in [2.24, 2.45) is 11.7 Å². The van der Waals surface area contributed by atoms with Crippen molar-refractivity contribution in [1.82, 2.24) is 4.90 Å². The van der Waals surface area contributed by atoms with Gasteiger partial charge in [-0.1, -0.05) is 6.07 Å².